The van der Waals surface area contributed by atoms with Crippen LogP contribution in [0.25, 0.3) is 0 Å². The van der Waals surface area contributed by atoms with Gasteiger partial charge in [0.15, 0.2) is 0 Å². The van der Waals surface area contributed by atoms with E-state index in [0.29, 0.717) is 5.88 Å². The van der Waals surface area contributed by atoms with Gasteiger partial charge >= 0.3 is 0 Å². The van der Waals surface area contributed by atoms with Crippen molar-refractivity contribution < 1.29 is 9.29 Å². The zero-order valence-corrected chi connectivity index (χ0v) is 13.3. The molecule has 2 heterocycles. The first-order valence-electron chi connectivity index (χ1n) is 5.72. The van der Waals surface area contributed by atoms with Gasteiger partial charge in [0, 0.05) is 28.1 Å². The summed E-state index contributed by atoms with van der Waals surface area (Å²) in [5.74, 6) is 0.585. The summed E-state index contributed by atoms with van der Waals surface area (Å²) in [6.07, 6.45) is 1.73. The van der Waals surface area contributed by atoms with Gasteiger partial charge in [0.05, 0.1) is 19.7 Å². The van der Waals surface area contributed by atoms with Crippen LogP contribution in [0.1, 0.15) is 32.4 Å². The van der Waals surface area contributed by atoms with E-state index in [9.17, 15) is 4.55 Å². The molecule has 4 nitrogen and oxygen atoms in total. The van der Waals surface area contributed by atoms with Crippen molar-refractivity contribution in [1.82, 2.24) is 9.29 Å². The first-order chi connectivity index (χ1) is 8.34. The molecule has 0 amide bonds. The first-order valence-corrected chi connectivity index (χ1v) is 7.62. The molecule has 0 aromatic carbocycles. The fourth-order valence-corrected chi connectivity index (χ4v) is 3.52. The minimum absolute atomic E-state index is 0.191. The molecule has 1 aromatic rings. The largest absolute Gasteiger partial charge is 0.597 e. The standard InChI is InChI=1S/C12H17BrN2O2S/c1-12(2,3)18(16)15-7-10(15)8-5-11(17-4)14-6-9(8)13/h5-6,10H,7H2,1-4H3/t10?,15-,18+/m1/s1. The van der Waals surface area contributed by atoms with Crippen LogP contribution in [0, 0.1) is 0 Å². The number of nitrogens with zero attached hydrogens (tertiary/aromatic N) is 2. The van der Waals surface area contributed by atoms with Crippen LogP contribution in [0.15, 0.2) is 16.7 Å². The highest BCUT2D eigenvalue weighted by Gasteiger charge is 2.50. The summed E-state index contributed by atoms with van der Waals surface area (Å²) in [5, 5.41) is 0. The maximum atomic E-state index is 12.3. The maximum Gasteiger partial charge on any atom is 0.213 e. The van der Waals surface area contributed by atoms with E-state index in [1.807, 2.05) is 31.1 Å². The highest BCUT2D eigenvalue weighted by Crippen LogP contribution is 2.44. The Balaban J connectivity index is 2.16. The lowest BCUT2D eigenvalue weighted by Crippen LogP contribution is -2.33. The average Bonchev–Trinajstić information content (AvgIpc) is 3.07. The fraction of sp³-hybridized carbons (Fsp3) is 0.583. The minimum Gasteiger partial charge on any atom is -0.597 e. The van der Waals surface area contributed by atoms with E-state index < -0.39 is 11.4 Å². The lowest BCUT2D eigenvalue weighted by atomic mass is 10.2. The Morgan fingerprint density at radius 2 is 2.22 bits per heavy atom. The zero-order valence-electron chi connectivity index (χ0n) is 10.9. The third-order valence-electron chi connectivity index (χ3n) is 2.73. The molecule has 0 radical (unpaired) electrons. The summed E-state index contributed by atoms with van der Waals surface area (Å²) < 4.78 is 20.1. The van der Waals surface area contributed by atoms with Crippen LogP contribution in [-0.4, -0.2) is 32.2 Å². The molecule has 6 heteroatoms. The van der Waals surface area contributed by atoms with Crippen molar-refractivity contribution in [3.63, 3.8) is 0 Å². The number of hydrogen-bond acceptors (Lipinski definition) is 4. The second-order valence-electron chi connectivity index (χ2n) is 5.23. The van der Waals surface area contributed by atoms with Crippen molar-refractivity contribution in [3.8, 4) is 5.88 Å². The second kappa shape index (κ2) is 5.00. The predicted octanol–water partition coefficient (Wildman–Crippen LogP) is 2.67. The number of ether oxygens (including phenoxy) is 1. The Bertz CT molecular complexity index is 450. The Kier molecular flexibility index (Phi) is 3.92. The molecule has 0 bridgehead atoms. The number of aromatic nitrogens is 1. The topological polar surface area (TPSA) is 48.2 Å². The van der Waals surface area contributed by atoms with Gasteiger partial charge < -0.3 is 9.29 Å². The monoisotopic (exact) mass is 332 g/mol. The molecule has 1 aliphatic rings. The Hall–Kier alpha value is -0.300. The van der Waals surface area contributed by atoms with Gasteiger partial charge in [-0.15, -0.1) is 4.31 Å². The third kappa shape index (κ3) is 2.82. The highest BCUT2D eigenvalue weighted by molar-refractivity contribution is 9.10. The van der Waals surface area contributed by atoms with Crippen LogP contribution < -0.4 is 4.74 Å². The van der Waals surface area contributed by atoms with Gasteiger partial charge in [-0.3, -0.25) is 0 Å². The number of hydrogen-bond donors (Lipinski definition) is 0. The summed E-state index contributed by atoms with van der Waals surface area (Å²) in [7, 11) is 1.60. The van der Waals surface area contributed by atoms with Crippen molar-refractivity contribution in [2.24, 2.45) is 0 Å². The summed E-state index contributed by atoms with van der Waals surface area (Å²) >= 11 is 2.51. The second-order valence-corrected chi connectivity index (χ2v) is 8.27. The number of pyridine rings is 1. The van der Waals surface area contributed by atoms with E-state index in [4.69, 9.17) is 4.74 Å². The van der Waals surface area contributed by atoms with Crippen LogP contribution in [0.5, 0.6) is 5.88 Å². The maximum absolute atomic E-state index is 12.3. The Morgan fingerprint density at radius 3 is 2.78 bits per heavy atom. The number of rotatable bonds is 3. The third-order valence-corrected chi connectivity index (χ3v) is 5.27. The smallest absolute Gasteiger partial charge is 0.213 e. The lowest BCUT2D eigenvalue weighted by molar-refractivity contribution is 0.397. The quantitative estimate of drug-likeness (QED) is 0.630. The van der Waals surface area contributed by atoms with Gasteiger partial charge in [0.25, 0.3) is 0 Å². The van der Waals surface area contributed by atoms with Crippen LogP contribution in [0.2, 0.25) is 0 Å². The molecule has 1 fully saturated rings. The number of methoxy groups -OCH3 is 1. The van der Waals surface area contributed by atoms with E-state index in [-0.39, 0.29) is 10.8 Å². The number of halogens is 1. The van der Waals surface area contributed by atoms with E-state index in [1.165, 1.54) is 0 Å². The summed E-state index contributed by atoms with van der Waals surface area (Å²) in [6.45, 7) is 6.78. The molecule has 1 saturated heterocycles. The van der Waals surface area contributed by atoms with E-state index in [2.05, 4.69) is 20.9 Å². The fourth-order valence-electron chi connectivity index (χ4n) is 1.71. The van der Waals surface area contributed by atoms with Crippen molar-refractivity contribution in [3.05, 3.63) is 22.3 Å². The molecule has 2 rings (SSSR count). The average molecular weight is 333 g/mol. The normalized spacial score (nSPS) is 24.8. The van der Waals surface area contributed by atoms with E-state index in [0.717, 1.165) is 16.6 Å². The zero-order chi connectivity index (χ0) is 13.5. The Morgan fingerprint density at radius 1 is 1.56 bits per heavy atom. The van der Waals surface area contributed by atoms with Gasteiger partial charge in [0.2, 0.25) is 5.88 Å². The van der Waals surface area contributed by atoms with Crippen molar-refractivity contribution in [2.45, 2.75) is 31.6 Å². The summed E-state index contributed by atoms with van der Waals surface area (Å²) in [5.41, 5.74) is 1.08. The predicted molar refractivity (Wildman–Crippen MR) is 75.8 cm³/mol. The van der Waals surface area contributed by atoms with E-state index >= 15 is 0 Å². The lowest BCUT2D eigenvalue weighted by Gasteiger charge is -2.24. The van der Waals surface area contributed by atoms with Gasteiger partial charge in [-0.05, 0) is 42.3 Å². The molecular formula is C12H17BrN2O2S. The first kappa shape index (κ1) is 14.1. The highest BCUT2D eigenvalue weighted by atomic mass is 79.9. The van der Waals surface area contributed by atoms with Crippen molar-refractivity contribution >= 4 is 27.3 Å². The van der Waals surface area contributed by atoms with Gasteiger partial charge in [-0.1, -0.05) is 0 Å². The molecular weight excluding hydrogens is 316 g/mol. The molecule has 1 aliphatic heterocycles. The molecule has 18 heavy (non-hydrogen) atoms. The van der Waals surface area contributed by atoms with Gasteiger partial charge in [-0.25, -0.2) is 4.98 Å². The van der Waals surface area contributed by atoms with Gasteiger partial charge in [0.1, 0.15) is 4.75 Å². The Labute approximate surface area is 119 Å². The van der Waals surface area contributed by atoms with E-state index in [1.54, 1.807) is 13.3 Å². The van der Waals surface area contributed by atoms with Gasteiger partial charge in [-0.2, -0.15) is 0 Å². The van der Waals surface area contributed by atoms with Crippen LogP contribution >= 0.6 is 15.9 Å². The van der Waals surface area contributed by atoms with Crippen molar-refractivity contribution in [2.75, 3.05) is 13.7 Å². The van der Waals surface area contributed by atoms with Crippen molar-refractivity contribution in [1.29, 1.82) is 0 Å². The summed E-state index contributed by atoms with van der Waals surface area (Å²) in [6, 6.07) is 2.09. The molecule has 0 spiro atoms. The molecule has 0 aliphatic carbocycles. The molecule has 0 N–H and O–H groups in total. The molecule has 100 valence electrons. The molecule has 1 unspecified atom stereocenters. The van der Waals surface area contributed by atoms with Crippen LogP contribution in [0.4, 0.5) is 0 Å². The minimum atomic E-state index is -0.974. The van der Waals surface area contributed by atoms with Crippen LogP contribution in [-0.2, 0) is 11.4 Å². The SMILES string of the molecule is COc1cc(C2C[N@@]2[S@@+]([O-])C(C)(C)C)c(Br)cn1. The molecule has 0 saturated carbocycles. The molecule has 1 aromatic heterocycles. The summed E-state index contributed by atoms with van der Waals surface area (Å²) in [4.78, 5) is 4.12. The molecule has 3 atom stereocenters. The van der Waals surface area contributed by atoms with Crippen LogP contribution in [0.3, 0.4) is 0 Å².